The van der Waals surface area contributed by atoms with E-state index >= 15 is 0 Å². The number of nitrogens with zero attached hydrogens (tertiary/aromatic N) is 4. The number of carbonyl (C=O) groups is 1. The second-order valence-corrected chi connectivity index (χ2v) is 8.06. The molecule has 0 aliphatic heterocycles. The molecule has 168 valence electrons. The van der Waals surface area contributed by atoms with E-state index < -0.39 is 12.7 Å². The Labute approximate surface area is 187 Å². The largest absolute Gasteiger partial charge is 0.406 e. The molecule has 0 unspecified atom stereocenters. The lowest BCUT2D eigenvalue weighted by atomic mass is 10.0. The number of alkyl halides is 3. The maximum absolute atomic E-state index is 12.7. The molecule has 1 aromatic carbocycles. The number of carbonyl (C=O) groups excluding carboxylic acids is 1. The normalized spacial score (nSPS) is 14.3. The van der Waals surface area contributed by atoms with Gasteiger partial charge < -0.3 is 9.88 Å². The highest BCUT2D eigenvalue weighted by Gasteiger charge is 2.28. The summed E-state index contributed by atoms with van der Waals surface area (Å²) in [5.41, 5.74) is 3.61. The van der Waals surface area contributed by atoms with E-state index in [0.29, 0.717) is 22.6 Å². The van der Waals surface area contributed by atoms with Crippen LogP contribution >= 0.6 is 0 Å². The van der Waals surface area contributed by atoms with E-state index in [0.717, 1.165) is 34.1 Å². The van der Waals surface area contributed by atoms with Crippen molar-refractivity contribution >= 4 is 28.6 Å². The number of anilines is 1. The minimum atomic E-state index is -4.30. The van der Waals surface area contributed by atoms with E-state index in [1.165, 1.54) is 12.3 Å². The first-order chi connectivity index (χ1) is 15.9. The third-order valence-electron chi connectivity index (χ3n) is 5.49. The Bertz CT molecular complexity index is 1350. The quantitative estimate of drug-likeness (QED) is 0.397. The van der Waals surface area contributed by atoms with Crippen LogP contribution < -0.4 is 5.32 Å². The van der Waals surface area contributed by atoms with Gasteiger partial charge in [0.1, 0.15) is 6.54 Å². The summed E-state index contributed by atoms with van der Waals surface area (Å²) < 4.78 is 41.2. The Kier molecular flexibility index (Phi) is 5.24. The number of pyridine rings is 1. The molecule has 1 aliphatic carbocycles. The van der Waals surface area contributed by atoms with Gasteiger partial charge in [0.25, 0.3) is 0 Å². The molecule has 4 aromatic rings. The summed E-state index contributed by atoms with van der Waals surface area (Å²) in [6.07, 6.45) is 9.66. The van der Waals surface area contributed by atoms with E-state index in [9.17, 15) is 18.0 Å². The number of nitrogens with one attached hydrogen (secondary N) is 1. The van der Waals surface area contributed by atoms with E-state index in [1.54, 1.807) is 42.7 Å². The lowest BCUT2D eigenvalue weighted by Gasteiger charge is -2.09. The molecule has 5 rings (SSSR count). The zero-order valence-corrected chi connectivity index (χ0v) is 17.5. The number of amides is 1. The maximum Gasteiger partial charge on any atom is 0.406 e. The van der Waals surface area contributed by atoms with E-state index in [2.05, 4.69) is 15.4 Å². The fraction of sp³-hybridized carbons (Fsp3) is 0.208. The van der Waals surface area contributed by atoms with Gasteiger partial charge in [-0.2, -0.15) is 18.3 Å². The van der Waals surface area contributed by atoms with E-state index in [-0.39, 0.29) is 5.91 Å². The minimum absolute atomic E-state index is 0.354. The molecule has 6 nitrogen and oxygen atoms in total. The highest BCUT2D eigenvalue weighted by atomic mass is 19.4. The second-order valence-electron chi connectivity index (χ2n) is 8.06. The highest BCUT2D eigenvalue weighted by Crippen LogP contribution is 2.35. The van der Waals surface area contributed by atoms with Crippen LogP contribution in [0.2, 0.25) is 0 Å². The van der Waals surface area contributed by atoms with Crippen LogP contribution in [0.5, 0.6) is 0 Å². The van der Waals surface area contributed by atoms with Crippen LogP contribution in [0, 0.1) is 0 Å². The van der Waals surface area contributed by atoms with Gasteiger partial charge in [-0.05, 0) is 54.8 Å². The monoisotopic (exact) mass is 451 g/mol. The molecule has 0 bridgehead atoms. The minimum Gasteiger partial charge on any atom is -0.338 e. The van der Waals surface area contributed by atoms with Crippen molar-refractivity contribution in [3.05, 3.63) is 73.0 Å². The molecule has 9 heteroatoms. The number of benzene rings is 1. The summed E-state index contributed by atoms with van der Waals surface area (Å²) in [4.78, 5) is 16.6. The molecule has 3 heterocycles. The lowest BCUT2D eigenvalue weighted by molar-refractivity contribution is -0.139. The van der Waals surface area contributed by atoms with Crippen LogP contribution in [0.3, 0.4) is 0 Å². The highest BCUT2D eigenvalue weighted by molar-refractivity contribution is 6.03. The van der Waals surface area contributed by atoms with Crippen molar-refractivity contribution in [1.29, 1.82) is 0 Å². The van der Waals surface area contributed by atoms with Gasteiger partial charge in [0.05, 0.1) is 12.2 Å². The molecule has 3 aromatic heterocycles. The molecule has 0 atom stereocenters. The van der Waals surface area contributed by atoms with E-state index in [1.807, 2.05) is 23.1 Å². The summed E-state index contributed by atoms with van der Waals surface area (Å²) in [7, 11) is 0. The van der Waals surface area contributed by atoms with Crippen LogP contribution in [0.25, 0.3) is 28.1 Å². The van der Waals surface area contributed by atoms with Crippen molar-refractivity contribution in [2.24, 2.45) is 0 Å². The van der Waals surface area contributed by atoms with Crippen molar-refractivity contribution in [3.8, 4) is 11.1 Å². The Hall–Kier alpha value is -3.88. The molecule has 33 heavy (non-hydrogen) atoms. The van der Waals surface area contributed by atoms with Gasteiger partial charge in [0.15, 0.2) is 0 Å². The molecule has 1 N–H and O–H groups in total. The number of hydrogen-bond donors (Lipinski definition) is 1. The van der Waals surface area contributed by atoms with Crippen LogP contribution in [-0.4, -0.2) is 31.4 Å². The second kappa shape index (κ2) is 8.23. The summed E-state index contributed by atoms with van der Waals surface area (Å²) in [6, 6.07) is 8.75. The molecule has 1 amide bonds. The zero-order chi connectivity index (χ0) is 23.0. The Morgan fingerprint density at radius 1 is 1.18 bits per heavy atom. The molecule has 1 saturated carbocycles. The predicted molar refractivity (Wildman–Crippen MR) is 119 cm³/mol. The topological polar surface area (TPSA) is 64.7 Å². The van der Waals surface area contributed by atoms with Crippen LogP contribution in [0.1, 0.15) is 24.4 Å². The molecule has 1 fully saturated rings. The fourth-order valence-corrected chi connectivity index (χ4v) is 3.78. The molecule has 1 aliphatic rings. The van der Waals surface area contributed by atoms with Gasteiger partial charge >= 0.3 is 6.18 Å². The summed E-state index contributed by atoms with van der Waals surface area (Å²) in [5.74, 6) is -0.354. The van der Waals surface area contributed by atoms with Crippen LogP contribution in [-0.2, 0) is 11.3 Å². The summed E-state index contributed by atoms with van der Waals surface area (Å²) in [5, 5.41) is 7.79. The van der Waals surface area contributed by atoms with Crippen molar-refractivity contribution in [2.75, 3.05) is 5.32 Å². The maximum atomic E-state index is 12.7. The predicted octanol–water partition coefficient (Wildman–Crippen LogP) is 5.45. The Balaban J connectivity index is 1.30. The molecule has 0 spiro atoms. The number of rotatable bonds is 6. The third-order valence-corrected chi connectivity index (χ3v) is 5.49. The van der Waals surface area contributed by atoms with Gasteiger partial charge in [-0.25, -0.2) is 0 Å². The van der Waals surface area contributed by atoms with Crippen molar-refractivity contribution in [1.82, 2.24) is 19.3 Å². The first kappa shape index (κ1) is 21.0. The zero-order valence-electron chi connectivity index (χ0n) is 17.5. The number of hydrogen-bond acceptors (Lipinski definition) is 3. The Morgan fingerprint density at radius 3 is 2.82 bits per heavy atom. The first-order valence-corrected chi connectivity index (χ1v) is 10.5. The molecular formula is C24H20F3N5O. The van der Waals surface area contributed by atoms with Crippen molar-refractivity contribution < 1.29 is 18.0 Å². The fourth-order valence-electron chi connectivity index (χ4n) is 3.78. The van der Waals surface area contributed by atoms with Gasteiger partial charge in [0.2, 0.25) is 5.91 Å². The summed E-state index contributed by atoms with van der Waals surface area (Å²) in [6.45, 7) is -1.06. The third kappa shape index (κ3) is 4.82. The lowest BCUT2D eigenvalue weighted by Crippen LogP contribution is -2.16. The smallest absolute Gasteiger partial charge is 0.338 e. The average Bonchev–Trinajstić information content (AvgIpc) is 3.39. The molecular weight excluding hydrogens is 431 g/mol. The SMILES string of the molecule is O=C(/C=C/c1cnccc1-c1cnn(C2CC2)c1)Nc1ccc2c(ccn2CC(F)(F)F)c1. The van der Waals surface area contributed by atoms with Gasteiger partial charge in [-0.3, -0.25) is 14.5 Å². The first-order valence-electron chi connectivity index (χ1n) is 10.5. The molecule has 0 saturated heterocycles. The number of halogens is 3. The van der Waals surface area contributed by atoms with E-state index in [4.69, 9.17) is 0 Å². The molecule has 0 radical (unpaired) electrons. The van der Waals surface area contributed by atoms with Crippen LogP contribution in [0.15, 0.2) is 67.4 Å². The van der Waals surface area contributed by atoms with Gasteiger partial charge in [0, 0.05) is 58.6 Å². The van der Waals surface area contributed by atoms with Gasteiger partial charge in [-0.15, -0.1) is 0 Å². The average molecular weight is 451 g/mol. The Morgan fingerprint density at radius 2 is 2.03 bits per heavy atom. The number of aromatic nitrogens is 4. The number of fused-ring (bicyclic) bond motifs is 1. The van der Waals surface area contributed by atoms with Crippen molar-refractivity contribution in [2.45, 2.75) is 31.6 Å². The van der Waals surface area contributed by atoms with Gasteiger partial charge in [-0.1, -0.05) is 0 Å². The summed E-state index contributed by atoms with van der Waals surface area (Å²) >= 11 is 0. The van der Waals surface area contributed by atoms with Crippen molar-refractivity contribution in [3.63, 3.8) is 0 Å². The van der Waals surface area contributed by atoms with Crippen LogP contribution in [0.4, 0.5) is 18.9 Å². The standard InChI is InChI=1S/C24H20F3N5O/c25-24(26,27)15-31-10-8-16-11-19(2-5-22(16)31)30-23(33)6-1-17-12-28-9-7-21(17)18-13-29-32(14-18)20-3-4-20/h1-2,5-14,20H,3-4,15H2,(H,30,33)/b6-1+.